The third-order valence-corrected chi connectivity index (χ3v) is 3.74. The van der Waals surface area contributed by atoms with Gasteiger partial charge in [-0.3, -0.25) is 4.79 Å². The largest absolute Gasteiger partial charge is 0.423 e. The van der Waals surface area contributed by atoms with Gasteiger partial charge < -0.3 is 15.0 Å². The number of hydrogen-bond acceptors (Lipinski definition) is 4. The summed E-state index contributed by atoms with van der Waals surface area (Å²) in [7, 11) is 0. The van der Waals surface area contributed by atoms with E-state index in [4.69, 9.17) is 4.74 Å². The first kappa shape index (κ1) is 16.0. The van der Waals surface area contributed by atoms with Crippen LogP contribution in [0.25, 0.3) is 0 Å². The zero-order valence-corrected chi connectivity index (χ0v) is 13.2. The maximum Gasteiger partial charge on any atom is 0.331 e. The van der Waals surface area contributed by atoms with Gasteiger partial charge in [-0.2, -0.15) is 0 Å². The summed E-state index contributed by atoms with van der Waals surface area (Å²) in [4.78, 5) is 25.5. The Morgan fingerprint density at radius 2 is 2.00 bits per heavy atom. The molecule has 0 bridgehead atoms. The van der Waals surface area contributed by atoms with Gasteiger partial charge in [0.25, 0.3) is 0 Å². The number of benzene rings is 2. The topological polar surface area (TPSA) is 58.6 Å². The maximum absolute atomic E-state index is 12.9. The van der Waals surface area contributed by atoms with Crippen LogP contribution in [0, 0.1) is 12.7 Å². The summed E-state index contributed by atoms with van der Waals surface area (Å²) in [5, 5.41) is 2.77. The molecule has 0 saturated heterocycles. The fraction of sp³-hybridized carbons (Fsp3) is 0.222. The van der Waals surface area contributed by atoms with Crippen molar-refractivity contribution in [1.82, 2.24) is 5.32 Å². The lowest BCUT2D eigenvalue weighted by molar-refractivity contribution is -0.133. The molecule has 5 nitrogen and oxygen atoms in total. The van der Waals surface area contributed by atoms with Gasteiger partial charge in [0.15, 0.2) is 5.75 Å². The van der Waals surface area contributed by atoms with Gasteiger partial charge in [0.05, 0.1) is 12.2 Å². The van der Waals surface area contributed by atoms with Crippen molar-refractivity contribution < 1.29 is 18.7 Å². The van der Waals surface area contributed by atoms with E-state index in [1.54, 1.807) is 23.1 Å². The van der Waals surface area contributed by atoms with Gasteiger partial charge in [-0.1, -0.05) is 18.2 Å². The number of nitrogens with one attached hydrogen (secondary N) is 1. The molecular formula is C18H17FN2O3. The lowest BCUT2D eigenvalue weighted by Gasteiger charge is -2.29. The van der Waals surface area contributed by atoms with E-state index < -0.39 is 0 Å². The summed E-state index contributed by atoms with van der Waals surface area (Å²) in [6.07, 6.45) is 0. The second-order valence-electron chi connectivity index (χ2n) is 5.70. The van der Waals surface area contributed by atoms with Crippen molar-refractivity contribution in [1.29, 1.82) is 0 Å². The predicted octanol–water partition coefficient (Wildman–Crippen LogP) is 2.18. The van der Waals surface area contributed by atoms with Crippen LogP contribution in [0.1, 0.15) is 11.1 Å². The average Bonchev–Trinajstić information content (AvgIpc) is 2.53. The van der Waals surface area contributed by atoms with Gasteiger partial charge in [0.2, 0.25) is 5.91 Å². The molecule has 1 heterocycles. The van der Waals surface area contributed by atoms with E-state index in [0.717, 1.165) is 16.8 Å². The predicted molar refractivity (Wildman–Crippen MR) is 87.3 cm³/mol. The minimum absolute atomic E-state index is 0.0278. The van der Waals surface area contributed by atoms with Crippen LogP contribution in [0.3, 0.4) is 0 Å². The summed E-state index contributed by atoms with van der Waals surface area (Å²) in [5.74, 6) is -0.457. The first-order valence-corrected chi connectivity index (χ1v) is 7.59. The highest BCUT2D eigenvalue weighted by atomic mass is 19.1. The minimum Gasteiger partial charge on any atom is -0.423 e. The summed E-state index contributed by atoms with van der Waals surface area (Å²) in [6, 6.07) is 11.4. The Bertz CT molecular complexity index is 774. The van der Waals surface area contributed by atoms with Crippen molar-refractivity contribution in [3.05, 3.63) is 59.4 Å². The summed E-state index contributed by atoms with van der Waals surface area (Å²) in [5.41, 5.74) is 2.50. The number of nitrogens with zero attached hydrogens (tertiary/aromatic N) is 1. The Morgan fingerprint density at radius 1 is 1.25 bits per heavy atom. The van der Waals surface area contributed by atoms with Crippen molar-refractivity contribution in [3.8, 4) is 5.75 Å². The number of carbonyl (C=O) groups is 2. The third-order valence-electron chi connectivity index (χ3n) is 3.74. The monoisotopic (exact) mass is 328 g/mol. The molecule has 0 spiro atoms. The lowest BCUT2D eigenvalue weighted by atomic mass is 10.1. The second kappa shape index (κ2) is 6.70. The highest BCUT2D eigenvalue weighted by Gasteiger charge is 2.25. The van der Waals surface area contributed by atoms with Crippen molar-refractivity contribution in [2.75, 3.05) is 18.0 Å². The molecule has 2 aromatic carbocycles. The van der Waals surface area contributed by atoms with Crippen LogP contribution in [0.5, 0.6) is 5.75 Å². The number of carbonyl (C=O) groups excluding carboxylic acids is 2. The molecule has 3 rings (SSSR count). The molecule has 24 heavy (non-hydrogen) atoms. The number of halogens is 1. The average molecular weight is 328 g/mol. The van der Waals surface area contributed by atoms with Gasteiger partial charge >= 0.3 is 5.97 Å². The zero-order chi connectivity index (χ0) is 17.1. The Balaban J connectivity index is 1.64. The number of anilines is 1. The minimum atomic E-state index is -0.389. The van der Waals surface area contributed by atoms with Crippen molar-refractivity contribution >= 4 is 17.6 Å². The Kier molecular flexibility index (Phi) is 4.46. The molecule has 0 radical (unpaired) electrons. The number of fused-ring (bicyclic) bond motifs is 1. The van der Waals surface area contributed by atoms with E-state index in [1.807, 2.05) is 19.1 Å². The third kappa shape index (κ3) is 3.71. The number of hydrogen-bond donors (Lipinski definition) is 1. The molecule has 0 aromatic heterocycles. The molecule has 0 fully saturated rings. The number of rotatable bonds is 4. The fourth-order valence-electron chi connectivity index (χ4n) is 2.53. The summed E-state index contributed by atoms with van der Waals surface area (Å²) < 4.78 is 18.1. The maximum atomic E-state index is 12.9. The fourth-order valence-corrected chi connectivity index (χ4v) is 2.53. The van der Waals surface area contributed by atoms with E-state index in [0.29, 0.717) is 12.3 Å². The van der Waals surface area contributed by atoms with Crippen LogP contribution >= 0.6 is 0 Å². The quantitative estimate of drug-likeness (QED) is 0.690. The van der Waals surface area contributed by atoms with Crippen LogP contribution in [-0.2, 0) is 16.1 Å². The molecule has 1 aliphatic heterocycles. The molecule has 1 aliphatic rings. The molecule has 0 unspecified atom stereocenters. The zero-order valence-electron chi connectivity index (χ0n) is 13.2. The Morgan fingerprint density at radius 3 is 2.75 bits per heavy atom. The summed E-state index contributed by atoms with van der Waals surface area (Å²) in [6.45, 7) is 2.28. The van der Waals surface area contributed by atoms with Crippen molar-refractivity contribution in [3.63, 3.8) is 0 Å². The molecule has 1 N–H and O–H groups in total. The molecule has 124 valence electrons. The SMILES string of the molecule is Cc1ccc2c(c1)OC(=O)CN2CC(=O)NCc1ccc(F)cc1. The molecule has 1 amide bonds. The highest BCUT2D eigenvalue weighted by Crippen LogP contribution is 2.32. The van der Waals surface area contributed by atoms with Crippen molar-refractivity contribution in [2.24, 2.45) is 0 Å². The van der Waals surface area contributed by atoms with Crippen LogP contribution < -0.4 is 15.0 Å². The van der Waals surface area contributed by atoms with E-state index in [9.17, 15) is 14.0 Å². The molecule has 0 atom stereocenters. The Labute approximate surface area is 139 Å². The number of amides is 1. The normalized spacial score (nSPS) is 13.2. The van der Waals surface area contributed by atoms with E-state index in [2.05, 4.69) is 5.32 Å². The first-order chi connectivity index (χ1) is 11.5. The van der Waals surface area contributed by atoms with Crippen LogP contribution in [0.15, 0.2) is 42.5 Å². The summed E-state index contributed by atoms with van der Waals surface area (Å²) >= 11 is 0. The number of ether oxygens (including phenoxy) is 1. The molecule has 0 saturated carbocycles. The van der Waals surface area contributed by atoms with Gasteiger partial charge in [-0.15, -0.1) is 0 Å². The lowest BCUT2D eigenvalue weighted by Crippen LogP contribution is -2.43. The van der Waals surface area contributed by atoms with Crippen LogP contribution in [-0.4, -0.2) is 25.0 Å². The van der Waals surface area contributed by atoms with E-state index >= 15 is 0 Å². The first-order valence-electron chi connectivity index (χ1n) is 7.59. The van der Waals surface area contributed by atoms with Gasteiger partial charge in [0, 0.05) is 6.54 Å². The highest BCUT2D eigenvalue weighted by molar-refractivity contribution is 5.89. The van der Waals surface area contributed by atoms with Gasteiger partial charge in [-0.05, 0) is 42.3 Å². The smallest absolute Gasteiger partial charge is 0.331 e. The van der Waals surface area contributed by atoms with Crippen molar-refractivity contribution in [2.45, 2.75) is 13.5 Å². The molecule has 6 heteroatoms. The van der Waals surface area contributed by atoms with E-state index in [1.165, 1.54) is 12.1 Å². The van der Waals surface area contributed by atoms with Crippen LogP contribution in [0.4, 0.5) is 10.1 Å². The number of esters is 1. The molecular weight excluding hydrogens is 311 g/mol. The van der Waals surface area contributed by atoms with Gasteiger partial charge in [0.1, 0.15) is 12.4 Å². The second-order valence-corrected chi connectivity index (χ2v) is 5.70. The Hall–Kier alpha value is -2.89. The standard InChI is InChI=1S/C18H17FN2O3/c1-12-2-7-15-16(8-12)24-18(23)11-21(15)10-17(22)20-9-13-3-5-14(19)6-4-13/h2-8H,9-11H2,1H3,(H,20,22). The van der Waals surface area contributed by atoms with E-state index in [-0.39, 0.29) is 30.8 Å². The molecule has 2 aromatic rings. The van der Waals surface area contributed by atoms with Gasteiger partial charge in [-0.25, -0.2) is 9.18 Å². The van der Waals surface area contributed by atoms with Crippen LogP contribution in [0.2, 0.25) is 0 Å². The number of aryl methyl sites for hydroxylation is 1. The molecule has 0 aliphatic carbocycles.